The van der Waals surface area contributed by atoms with Crippen molar-refractivity contribution < 1.29 is 42.5 Å². The monoisotopic (exact) mass is 494 g/mol. The van der Waals surface area contributed by atoms with Gasteiger partial charge in [-0.25, -0.2) is 4.79 Å². The molecule has 2 atom stereocenters. The molecule has 2 aromatic rings. The lowest BCUT2D eigenvalue weighted by Gasteiger charge is -2.24. The number of rotatable bonds is 9. The van der Waals surface area contributed by atoms with Crippen LogP contribution >= 0.6 is 0 Å². The second kappa shape index (κ2) is 10.3. The molecular weight excluding hydrogens is 469 g/mol. The molecule has 35 heavy (non-hydrogen) atoms. The Morgan fingerprint density at radius 1 is 1.03 bits per heavy atom. The van der Waals surface area contributed by atoms with Gasteiger partial charge in [-0.3, -0.25) is 9.59 Å². The van der Waals surface area contributed by atoms with Gasteiger partial charge in [-0.1, -0.05) is 48.5 Å². The van der Waals surface area contributed by atoms with Crippen molar-refractivity contribution in [3.05, 3.63) is 59.7 Å². The third-order valence-corrected chi connectivity index (χ3v) is 5.56. The lowest BCUT2D eigenvalue weighted by molar-refractivity contribution is -0.149. The Balaban J connectivity index is 1.65. The number of alkyl carbamates (subject to hydrolysis) is 1. The van der Waals surface area contributed by atoms with Crippen LogP contribution in [0.3, 0.4) is 0 Å². The molecule has 1 aliphatic carbocycles. The average molecular weight is 494 g/mol. The van der Waals surface area contributed by atoms with Crippen molar-refractivity contribution in [1.29, 1.82) is 0 Å². The summed E-state index contributed by atoms with van der Waals surface area (Å²) in [6.07, 6.45) is -8.42. The highest BCUT2D eigenvalue weighted by Crippen LogP contribution is 2.44. The molecule has 2 amide bonds. The molecule has 0 aromatic heterocycles. The Morgan fingerprint density at radius 2 is 1.57 bits per heavy atom. The standard InChI is InChI=1S/C24H25F3N2O6/c1-23(34,11-20(30)31)13-28-21(32)19(10-24(25,26)27)29-22(33)35-12-18-16-8-4-2-6-14(16)15-7-3-5-9-17(15)18/h2-9,18-19,34H,10-13H2,1H3,(H,28,32)(H,29,33)(H,30,31). The van der Waals surface area contributed by atoms with E-state index < -0.39 is 55.2 Å². The van der Waals surface area contributed by atoms with Crippen LogP contribution in [0.5, 0.6) is 0 Å². The van der Waals surface area contributed by atoms with Gasteiger partial charge < -0.3 is 25.6 Å². The van der Waals surface area contributed by atoms with Crippen molar-refractivity contribution in [2.75, 3.05) is 13.2 Å². The first-order valence-corrected chi connectivity index (χ1v) is 10.8. The minimum Gasteiger partial charge on any atom is -0.481 e. The first kappa shape index (κ1) is 26.0. The number of benzene rings is 2. The van der Waals surface area contributed by atoms with Crippen molar-refractivity contribution in [3.8, 4) is 11.1 Å². The molecule has 188 valence electrons. The topological polar surface area (TPSA) is 125 Å². The van der Waals surface area contributed by atoms with Crippen molar-refractivity contribution in [2.45, 2.75) is 43.5 Å². The molecular formula is C24H25F3N2O6. The van der Waals surface area contributed by atoms with Crippen LogP contribution in [0.2, 0.25) is 0 Å². The van der Waals surface area contributed by atoms with E-state index in [1.165, 1.54) is 0 Å². The fraction of sp³-hybridized carbons (Fsp3) is 0.375. The maximum absolute atomic E-state index is 13.0. The number of fused-ring (bicyclic) bond motifs is 3. The van der Waals surface area contributed by atoms with E-state index in [0.717, 1.165) is 29.2 Å². The maximum atomic E-state index is 13.0. The number of aliphatic hydroxyl groups is 1. The summed E-state index contributed by atoms with van der Waals surface area (Å²) in [5.41, 5.74) is 1.87. The van der Waals surface area contributed by atoms with Gasteiger partial charge in [0.25, 0.3) is 0 Å². The number of hydrogen-bond donors (Lipinski definition) is 4. The van der Waals surface area contributed by atoms with E-state index >= 15 is 0 Å². The summed E-state index contributed by atoms with van der Waals surface area (Å²) in [5.74, 6) is -2.91. The predicted octanol–water partition coefficient (Wildman–Crippen LogP) is 3.19. The van der Waals surface area contributed by atoms with Crippen LogP contribution in [0, 0.1) is 0 Å². The number of amides is 2. The van der Waals surface area contributed by atoms with E-state index in [1.54, 1.807) is 0 Å². The molecule has 0 aliphatic heterocycles. The molecule has 8 nitrogen and oxygen atoms in total. The van der Waals surface area contributed by atoms with Crippen molar-refractivity contribution in [2.24, 2.45) is 0 Å². The van der Waals surface area contributed by atoms with Gasteiger partial charge in [0.1, 0.15) is 12.6 Å². The number of aliphatic carboxylic acids is 1. The molecule has 11 heteroatoms. The fourth-order valence-corrected chi connectivity index (χ4v) is 4.01. The van der Waals surface area contributed by atoms with Gasteiger partial charge >= 0.3 is 18.2 Å². The van der Waals surface area contributed by atoms with Gasteiger partial charge in [0.05, 0.1) is 18.4 Å². The van der Waals surface area contributed by atoms with Gasteiger partial charge in [0.2, 0.25) is 5.91 Å². The first-order chi connectivity index (χ1) is 16.4. The third-order valence-electron chi connectivity index (χ3n) is 5.56. The Morgan fingerprint density at radius 3 is 2.09 bits per heavy atom. The lowest BCUT2D eigenvalue weighted by Crippen LogP contribution is -2.52. The van der Waals surface area contributed by atoms with Gasteiger partial charge in [-0.15, -0.1) is 0 Å². The quantitative estimate of drug-likeness (QED) is 0.424. The number of carbonyl (C=O) groups is 3. The van der Waals surface area contributed by atoms with Crippen LogP contribution in [0.1, 0.15) is 36.8 Å². The summed E-state index contributed by atoms with van der Waals surface area (Å²) < 4.78 is 44.3. The summed E-state index contributed by atoms with van der Waals surface area (Å²) in [4.78, 5) is 35.5. The van der Waals surface area contributed by atoms with E-state index in [2.05, 4.69) is 5.32 Å². The maximum Gasteiger partial charge on any atom is 0.407 e. The Hall–Kier alpha value is -3.60. The van der Waals surface area contributed by atoms with Crippen molar-refractivity contribution in [3.63, 3.8) is 0 Å². The van der Waals surface area contributed by atoms with Crippen molar-refractivity contribution in [1.82, 2.24) is 10.6 Å². The Bertz CT molecular complexity index is 1060. The molecule has 0 saturated heterocycles. The molecule has 0 radical (unpaired) electrons. The highest BCUT2D eigenvalue weighted by molar-refractivity contribution is 5.86. The van der Waals surface area contributed by atoms with Crippen LogP contribution in [0.4, 0.5) is 18.0 Å². The van der Waals surface area contributed by atoms with Crippen LogP contribution in [-0.4, -0.2) is 59.2 Å². The van der Waals surface area contributed by atoms with E-state index in [-0.39, 0.29) is 12.5 Å². The van der Waals surface area contributed by atoms with E-state index in [0.29, 0.717) is 0 Å². The first-order valence-electron chi connectivity index (χ1n) is 10.8. The normalized spacial score (nSPS) is 15.3. The number of halogens is 3. The number of carbonyl (C=O) groups excluding carboxylic acids is 2. The van der Waals surface area contributed by atoms with Crippen LogP contribution < -0.4 is 10.6 Å². The summed E-state index contributed by atoms with van der Waals surface area (Å²) >= 11 is 0. The second-order valence-electron chi connectivity index (χ2n) is 8.63. The highest BCUT2D eigenvalue weighted by Gasteiger charge is 2.38. The van der Waals surface area contributed by atoms with Crippen LogP contribution in [-0.2, 0) is 14.3 Å². The molecule has 2 aromatic carbocycles. The molecule has 2 unspecified atom stereocenters. The fourth-order valence-electron chi connectivity index (χ4n) is 4.01. The largest absolute Gasteiger partial charge is 0.481 e. The summed E-state index contributed by atoms with van der Waals surface area (Å²) in [6.45, 7) is 0.325. The number of nitrogens with one attached hydrogen (secondary N) is 2. The SMILES string of the molecule is CC(O)(CNC(=O)C(CC(F)(F)F)NC(=O)OCC1c2ccccc2-c2ccccc21)CC(=O)O. The minimum absolute atomic E-state index is 0.159. The lowest BCUT2D eigenvalue weighted by atomic mass is 9.98. The summed E-state index contributed by atoms with van der Waals surface area (Å²) in [6, 6.07) is 13.0. The van der Waals surface area contributed by atoms with Gasteiger partial charge in [-0.05, 0) is 29.2 Å². The number of alkyl halides is 3. The summed E-state index contributed by atoms with van der Waals surface area (Å²) in [5, 5.41) is 22.7. The second-order valence-corrected chi connectivity index (χ2v) is 8.63. The van der Waals surface area contributed by atoms with Crippen molar-refractivity contribution >= 4 is 18.0 Å². The third kappa shape index (κ3) is 6.95. The molecule has 3 rings (SSSR count). The number of hydrogen-bond acceptors (Lipinski definition) is 5. The van der Waals surface area contributed by atoms with Gasteiger partial charge in [0, 0.05) is 12.5 Å². The summed E-state index contributed by atoms with van der Waals surface area (Å²) in [7, 11) is 0. The molecule has 4 N–H and O–H groups in total. The Labute approximate surface area is 199 Å². The zero-order valence-corrected chi connectivity index (χ0v) is 18.8. The molecule has 0 spiro atoms. The number of carboxylic acids is 1. The molecule has 0 saturated carbocycles. The Kier molecular flexibility index (Phi) is 7.69. The smallest absolute Gasteiger partial charge is 0.407 e. The number of carboxylic acid groups (broad SMARTS) is 1. The van der Waals surface area contributed by atoms with Crippen LogP contribution in [0.15, 0.2) is 48.5 Å². The zero-order chi connectivity index (χ0) is 25.8. The average Bonchev–Trinajstić information content (AvgIpc) is 3.08. The minimum atomic E-state index is -4.79. The van der Waals surface area contributed by atoms with Gasteiger partial charge in [-0.2, -0.15) is 13.2 Å². The van der Waals surface area contributed by atoms with Crippen LogP contribution in [0.25, 0.3) is 11.1 Å². The van der Waals surface area contributed by atoms with E-state index in [4.69, 9.17) is 9.84 Å². The number of ether oxygens (including phenoxy) is 1. The van der Waals surface area contributed by atoms with Gasteiger partial charge in [0.15, 0.2) is 0 Å². The predicted molar refractivity (Wildman–Crippen MR) is 119 cm³/mol. The molecule has 0 heterocycles. The molecule has 0 bridgehead atoms. The highest BCUT2D eigenvalue weighted by atomic mass is 19.4. The molecule has 0 fully saturated rings. The van der Waals surface area contributed by atoms with E-state index in [9.17, 15) is 32.7 Å². The zero-order valence-electron chi connectivity index (χ0n) is 18.8. The van der Waals surface area contributed by atoms with E-state index in [1.807, 2.05) is 53.8 Å². The molecule has 1 aliphatic rings.